The van der Waals surface area contributed by atoms with Crippen molar-refractivity contribution in [3.05, 3.63) is 23.8 Å². The van der Waals surface area contributed by atoms with E-state index in [-0.39, 0.29) is 5.57 Å². The molecule has 0 saturated carbocycles. The Balaban J connectivity index is 0. The molecule has 98 valence electrons. The van der Waals surface area contributed by atoms with Crippen LogP contribution in [0.1, 0.15) is 46.5 Å². The summed E-state index contributed by atoms with van der Waals surface area (Å²) in [5.41, 5.74) is 0.716. The van der Waals surface area contributed by atoms with Crippen molar-refractivity contribution in [2.45, 2.75) is 46.5 Å². The number of allylic oxidation sites excluding steroid dienone is 1. The Kier molecular flexibility index (Phi) is 11.4. The largest absolute Gasteiger partial charge is 0.478 e. The summed E-state index contributed by atoms with van der Waals surface area (Å²) in [6, 6.07) is 0. The molecule has 0 radical (unpaired) electrons. The molecule has 4 nitrogen and oxygen atoms in total. The first-order chi connectivity index (χ1) is 7.86. The average molecular weight is 242 g/mol. The minimum absolute atomic E-state index is 0.264. The Bertz CT molecular complexity index is 290. The molecule has 17 heavy (non-hydrogen) atoms. The monoisotopic (exact) mass is 242 g/mol. The van der Waals surface area contributed by atoms with E-state index in [0.29, 0.717) is 12.0 Å². The van der Waals surface area contributed by atoms with E-state index in [2.05, 4.69) is 13.5 Å². The number of rotatable bonds is 6. The van der Waals surface area contributed by atoms with E-state index < -0.39 is 11.9 Å². The van der Waals surface area contributed by atoms with Crippen LogP contribution in [0.25, 0.3) is 0 Å². The molecule has 0 amide bonds. The first-order valence-corrected chi connectivity index (χ1v) is 5.67. The maximum Gasteiger partial charge on any atom is 0.330 e. The highest BCUT2D eigenvalue weighted by Gasteiger charge is 1.97. The fourth-order valence-corrected chi connectivity index (χ4v) is 0.761. The number of unbranched alkanes of at least 4 members (excludes halogenated alkanes) is 2. The lowest BCUT2D eigenvalue weighted by Crippen LogP contribution is -1.95. The molecular formula is C13H22O4. The number of carboxylic acid groups (broad SMARTS) is 2. The topological polar surface area (TPSA) is 74.6 Å². The van der Waals surface area contributed by atoms with E-state index in [1.807, 2.05) is 0 Å². The van der Waals surface area contributed by atoms with Crippen molar-refractivity contribution in [1.29, 1.82) is 0 Å². The van der Waals surface area contributed by atoms with E-state index in [4.69, 9.17) is 10.2 Å². The summed E-state index contributed by atoms with van der Waals surface area (Å²) < 4.78 is 0. The number of carboxylic acids is 2. The molecule has 0 bridgehead atoms. The zero-order chi connectivity index (χ0) is 13.8. The summed E-state index contributed by atoms with van der Waals surface area (Å²) in [7, 11) is 0. The van der Waals surface area contributed by atoms with Gasteiger partial charge in [-0.05, 0) is 19.8 Å². The van der Waals surface area contributed by atoms with Crippen molar-refractivity contribution in [3.63, 3.8) is 0 Å². The van der Waals surface area contributed by atoms with Gasteiger partial charge in [0.2, 0.25) is 0 Å². The minimum atomic E-state index is -0.900. The van der Waals surface area contributed by atoms with Gasteiger partial charge in [-0.15, -0.1) is 0 Å². The first-order valence-electron chi connectivity index (χ1n) is 5.67. The van der Waals surface area contributed by atoms with E-state index in [0.717, 1.165) is 19.3 Å². The van der Waals surface area contributed by atoms with Gasteiger partial charge in [0.15, 0.2) is 0 Å². The van der Waals surface area contributed by atoms with Crippen molar-refractivity contribution >= 4 is 11.9 Å². The second-order valence-corrected chi connectivity index (χ2v) is 3.60. The van der Waals surface area contributed by atoms with Crippen LogP contribution in [-0.4, -0.2) is 22.2 Å². The summed E-state index contributed by atoms with van der Waals surface area (Å²) in [5, 5.41) is 16.5. The SMILES string of the molecule is C=C(CC)C(=O)O.CCCC/C=C(\C)C(=O)O. The molecule has 2 N–H and O–H groups in total. The highest BCUT2D eigenvalue weighted by atomic mass is 16.4. The highest BCUT2D eigenvalue weighted by Crippen LogP contribution is 2.00. The highest BCUT2D eigenvalue weighted by molar-refractivity contribution is 5.85. The quantitative estimate of drug-likeness (QED) is 0.554. The lowest BCUT2D eigenvalue weighted by Gasteiger charge is -1.91. The fraction of sp³-hybridized carbons (Fsp3) is 0.538. The van der Waals surface area contributed by atoms with Gasteiger partial charge >= 0.3 is 11.9 Å². The number of aliphatic carboxylic acids is 2. The van der Waals surface area contributed by atoms with E-state index >= 15 is 0 Å². The zero-order valence-corrected chi connectivity index (χ0v) is 10.8. The molecule has 0 aliphatic rings. The van der Waals surface area contributed by atoms with E-state index in [9.17, 15) is 9.59 Å². The van der Waals surface area contributed by atoms with Gasteiger partial charge in [-0.25, -0.2) is 9.59 Å². The fourth-order valence-electron chi connectivity index (χ4n) is 0.761. The summed E-state index contributed by atoms with van der Waals surface area (Å²) >= 11 is 0. The molecule has 0 fully saturated rings. The third kappa shape index (κ3) is 12.4. The standard InChI is InChI=1S/C8H14O2.C5H8O2/c1-3-4-5-6-7(2)8(9)10;1-3-4(2)5(6)7/h6H,3-5H2,1-2H3,(H,9,10);2-3H2,1H3,(H,6,7)/b7-6+;. The second kappa shape index (κ2) is 10.9. The molecule has 0 rings (SSSR count). The van der Waals surface area contributed by atoms with Crippen LogP contribution in [-0.2, 0) is 9.59 Å². The molecule has 0 aromatic heterocycles. The number of carbonyl (C=O) groups is 2. The van der Waals surface area contributed by atoms with E-state index in [1.165, 1.54) is 0 Å². The van der Waals surface area contributed by atoms with Gasteiger partial charge in [0.1, 0.15) is 0 Å². The lowest BCUT2D eigenvalue weighted by atomic mass is 10.2. The van der Waals surface area contributed by atoms with Crippen LogP contribution in [0.5, 0.6) is 0 Å². The lowest BCUT2D eigenvalue weighted by molar-refractivity contribution is -0.133. The summed E-state index contributed by atoms with van der Waals surface area (Å²) in [6.07, 6.45) is 5.36. The first kappa shape index (κ1) is 17.8. The summed E-state index contributed by atoms with van der Waals surface area (Å²) in [4.78, 5) is 20.1. The molecular weight excluding hydrogens is 220 g/mol. The van der Waals surface area contributed by atoms with Crippen molar-refractivity contribution in [3.8, 4) is 0 Å². The number of hydrogen-bond acceptors (Lipinski definition) is 2. The summed E-state index contributed by atoms with van der Waals surface area (Å²) in [5.74, 6) is -1.71. The molecule has 0 saturated heterocycles. The van der Waals surface area contributed by atoms with Crippen LogP contribution in [0.2, 0.25) is 0 Å². The second-order valence-electron chi connectivity index (χ2n) is 3.60. The molecule has 0 aliphatic carbocycles. The van der Waals surface area contributed by atoms with Gasteiger partial charge in [-0.2, -0.15) is 0 Å². The molecule has 0 aromatic rings. The Morgan fingerprint density at radius 1 is 1.18 bits per heavy atom. The maximum atomic E-state index is 10.2. The minimum Gasteiger partial charge on any atom is -0.478 e. The van der Waals surface area contributed by atoms with Crippen LogP contribution in [0.3, 0.4) is 0 Å². The van der Waals surface area contributed by atoms with Crippen molar-refractivity contribution in [2.75, 3.05) is 0 Å². The van der Waals surface area contributed by atoms with Gasteiger partial charge in [0, 0.05) is 11.1 Å². The Morgan fingerprint density at radius 2 is 1.71 bits per heavy atom. The molecule has 0 atom stereocenters. The van der Waals surface area contributed by atoms with Crippen LogP contribution in [0.15, 0.2) is 23.8 Å². The van der Waals surface area contributed by atoms with Gasteiger partial charge in [-0.3, -0.25) is 0 Å². The third-order valence-corrected chi connectivity index (χ3v) is 2.07. The molecule has 0 aromatic carbocycles. The molecule has 4 heteroatoms. The predicted molar refractivity (Wildman–Crippen MR) is 68.0 cm³/mol. The van der Waals surface area contributed by atoms with Crippen LogP contribution < -0.4 is 0 Å². The Morgan fingerprint density at radius 3 is 1.94 bits per heavy atom. The van der Waals surface area contributed by atoms with Gasteiger partial charge in [0.25, 0.3) is 0 Å². The van der Waals surface area contributed by atoms with Crippen molar-refractivity contribution < 1.29 is 19.8 Å². The van der Waals surface area contributed by atoms with Gasteiger partial charge in [0.05, 0.1) is 0 Å². The van der Waals surface area contributed by atoms with Gasteiger partial charge in [-0.1, -0.05) is 39.3 Å². The van der Waals surface area contributed by atoms with Crippen molar-refractivity contribution in [1.82, 2.24) is 0 Å². The van der Waals surface area contributed by atoms with Crippen molar-refractivity contribution in [2.24, 2.45) is 0 Å². The van der Waals surface area contributed by atoms with Crippen LogP contribution in [0.4, 0.5) is 0 Å². The molecule has 0 unspecified atom stereocenters. The zero-order valence-electron chi connectivity index (χ0n) is 10.8. The summed E-state index contributed by atoms with van der Waals surface area (Å²) in [6.45, 7) is 8.74. The predicted octanol–water partition coefficient (Wildman–Crippen LogP) is 3.24. The van der Waals surface area contributed by atoms with Crippen LogP contribution >= 0.6 is 0 Å². The Hall–Kier alpha value is -1.58. The maximum absolute atomic E-state index is 10.2. The average Bonchev–Trinajstić information content (AvgIpc) is 2.28. The number of hydrogen-bond donors (Lipinski definition) is 2. The van der Waals surface area contributed by atoms with Crippen LogP contribution in [0, 0.1) is 0 Å². The molecule has 0 spiro atoms. The van der Waals surface area contributed by atoms with Gasteiger partial charge < -0.3 is 10.2 Å². The van der Waals surface area contributed by atoms with E-state index in [1.54, 1.807) is 19.9 Å². The smallest absolute Gasteiger partial charge is 0.330 e. The molecule has 0 aliphatic heterocycles. The molecule has 0 heterocycles. The normalized spacial score (nSPS) is 10.2. The third-order valence-electron chi connectivity index (χ3n) is 2.07. The Labute approximate surface area is 103 Å².